The number of rotatable bonds is 9. The van der Waals surface area contributed by atoms with Crippen LogP contribution in [0.2, 0.25) is 0 Å². The molecule has 6 rings (SSSR count). The molecular formula is C33H28N4O4S. The lowest BCUT2D eigenvalue weighted by molar-refractivity contribution is -0.118. The van der Waals surface area contributed by atoms with Gasteiger partial charge in [0.15, 0.2) is 18.1 Å². The zero-order chi connectivity index (χ0) is 28.7. The van der Waals surface area contributed by atoms with Crippen LogP contribution in [0.1, 0.15) is 16.7 Å². The van der Waals surface area contributed by atoms with E-state index in [1.807, 2.05) is 107 Å². The van der Waals surface area contributed by atoms with Crippen LogP contribution in [0.4, 0.5) is 5.69 Å². The van der Waals surface area contributed by atoms with Crippen molar-refractivity contribution in [3.05, 3.63) is 124 Å². The summed E-state index contributed by atoms with van der Waals surface area (Å²) in [6, 6.07) is 31.5. The third-order valence-electron chi connectivity index (χ3n) is 6.58. The van der Waals surface area contributed by atoms with Crippen molar-refractivity contribution in [1.82, 2.24) is 4.68 Å². The molecule has 9 heteroatoms. The van der Waals surface area contributed by atoms with Crippen molar-refractivity contribution in [2.45, 2.75) is 13.2 Å². The number of hydrogen-bond acceptors (Lipinski definition) is 7. The third-order valence-corrected chi connectivity index (χ3v) is 7.43. The van der Waals surface area contributed by atoms with Crippen molar-refractivity contribution >= 4 is 29.1 Å². The molecule has 8 nitrogen and oxygen atoms in total. The SMILES string of the molecule is COc1cc(C=Nn2c(-c3ccc4c(c3)NC(=O)CO4)csc2=NCc2ccccc2)ccc1OCc1ccccc1. The Hall–Kier alpha value is -5.15. The first-order valence-electron chi connectivity index (χ1n) is 13.4. The van der Waals surface area contributed by atoms with Gasteiger partial charge in [-0.15, -0.1) is 11.3 Å². The number of methoxy groups -OCH3 is 1. The molecule has 1 N–H and O–H groups in total. The maximum absolute atomic E-state index is 11.9. The first kappa shape index (κ1) is 27.0. The molecule has 210 valence electrons. The van der Waals surface area contributed by atoms with Gasteiger partial charge < -0.3 is 19.5 Å². The Kier molecular flexibility index (Phi) is 8.09. The van der Waals surface area contributed by atoms with Crippen LogP contribution in [0, 0.1) is 0 Å². The molecule has 1 aromatic heterocycles. The zero-order valence-corrected chi connectivity index (χ0v) is 23.7. The van der Waals surface area contributed by atoms with Crippen LogP contribution in [0.25, 0.3) is 11.3 Å². The number of aromatic nitrogens is 1. The fourth-order valence-corrected chi connectivity index (χ4v) is 5.28. The Balaban J connectivity index is 1.32. The standard InChI is InChI=1S/C33H28N4O4S/c1-39-31-16-25(12-14-30(31)40-20-24-10-6-3-7-11-24)19-35-37-28(22-42-33(37)34-18-23-8-4-2-5-9-23)26-13-15-29-27(17-26)36-32(38)21-41-29/h2-17,19,22H,18,20-21H2,1H3,(H,36,38). The van der Waals surface area contributed by atoms with Gasteiger partial charge in [-0.05, 0) is 53.1 Å². The number of thiazole rings is 1. The number of ether oxygens (including phenoxy) is 3. The maximum Gasteiger partial charge on any atom is 0.262 e. The van der Waals surface area contributed by atoms with Crippen LogP contribution in [0.3, 0.4) is 0 Å². The highest BCUT2D eigenvalue weighted by molar-refractivity contribution is 7.07. The van der Waals surface area contributed by atoms with Crippen LogP contribution in [-0.4, -0.2) is 30.5 Å². The number of nitrogens with zero attached hydrogens (tertiary/aromatic N) is 3. The van der Waals surface area contributed by atoms with Crippen molar-refractivity contribution in [1.29, 1.82) is 0 Å². The molecule has 2 heterocycles. The molecule has 1 aliphatic heterocycles. The third kappa shape index (κ3) is 6.26. The molecule has 0 spiro atoms. The second kappa shape index (κ2) is 12.6. The van der Waals surface area contributed by atoms with E-state index in [0.29, 0.717) is 36.1 Å². The number of hydrogen-bond donors (Lipinski definition) is 1. The van der Waals surface area contributed by atoms with Gasteiger partial charge in [0.1, 0.15) is 12.4 Å². The van der Waals surface area contributed by atoms with Crippen LogP contribution in [0.15, 0.2) is 113 Å². The Morgan fingerprint density at radius 1 is 0.952 bits per heavy atom. The summed E-state index contributed by atoms with van der Waals surface area (Å²) in [5.74, 6) is 1.72. The van der Waals surface area contributed by atoms with E-state index in [0.717, 1.165) is 32.7 Å². The van der Waals surface area contributed by atoms with E-state index in [4.69, 9.17) is 24.3 Å². The molecule has 0 saturated heterocycles. The van der Waals surface area contributed by atoms with Gasteiger partial charge in [0, 0.05) is 10.9 Å². The minimum Gasteiger partial charge on any atom is -0.493 e. The summed E-state index contributed by atoms with van der Waals surface area (Å²) < 4.78 is 19.0. The lowest BCUT2D eigenvalue weighted by atomic mass is 10.1. The normalized spacial score (nSPS) is 13.0. The summed E-state index contributed by atoms with van der Waals surface area (Å²) in [7, 11) is 1.62. The highest BCUT2D eigenvalue weighted by atomic mass is 32.1. The van der Waals surface area contributed by atoms with Crippen LogP contribution in [-0.2, 0) is 17.9 Å². The number of carbonyl (C=O) groups excluding carboxylic acids is 1. The smallest absolute Gasteiger partial charge is 0.262 e. The van der Waals surface area contributed by atoms with Gasteiger partial charge in [-0.3, -0.25) is 9.79 Å². The van der Waals surface area contributed by atoms with E-state index in [2.05, 4.69) is 5.32 Å². The van der Waals surface area contributed by atoms with Gasteiger partial charge >= 0.3 is 0 Å². The van der Waals surface area contributed by atoms with Gasteiger partial charge in [0.2, 0.25) is 4.80 Å². The molecule has 0 radical (unpaired) electrons. The number of carbonyl (C=O) groups is 1. The Morgan fingerprint density at radius 3 is 2.52 bits per heavy atom. The van der Waals surface area contributed by atoms with E-state index in [1.54, 1.807) is 13.3 Å². The molecule has 42 heavy (non-hydrogen) atoms. The molecular weight excluding hydrogens is 548 g/mol. The molecule has 0 unspecified atom stereocenters. The predicted octanol–water partition coefficient (Wildman–Crippen LogP) is 6.12. The van der Waals surface area contributed by atoms with Crippen molar-refractivity contribution in [3.63, 3.8) is 0 Å². The van der Waals surface area contributed by atoms with Gasteiger partial charge in [-0.25, -0.2) is 4.68 Å². The lowest BCUT2D eigenvalue weighted by Gasteiger charge is -2.18. The summed E-state index contributed by atoms with van der Waals surface area (Å²) in [5, 5.41) is 9.74. The number of benzene rings is 4. The Morgan fingerprint density at radius 2 is 1.74 bits per heavy atom. The Bertz CT molecular complexity index is 1800. The lowest BCUT2D eigenvalue weighted by Crippen LogP contribution is -2.25. The number of anilines is 1. The summed E-state index contributed by atoms with van der Waals surface area (Å²) in [6.45, 7) is 0.972. The minimum atomic E-state index is -0.181. The van der Waals surface area contributed by atoms with Crippen molar-refractivity contribution in [2.75, 3.05) is 19.0 Å². The number of fused-ring (bicyclic) bond motifs is 1. The molecule has 0 atom stereocenters. The van der Waals surface area contributed by atoms with E-state index in [9.17, 15) is 4.79 Å². The highest BCUT2D eigenvalue weighted by Crippen LogP contribution is 2.33. The molecule has 0 fully saturated rings. The second-order valence-corrected chi connectivity index (χ2v) is 10.3. The molecule has 0 aliphatic carbocycles. The van der Waals surface area contributed by atoms with Crippen LogP contribution < -0.4 is 24.3 Å². The monoisotopic (exact) mass is 576 g/mol. The molecule has 1 aliphatic rings. The van der Waals surface area contributed by atoms with E-state index in [-0.39, 0.29) is 12.5 Å². The van der Waals surface area contributed by atoms with Crippen LogP contribution >= 0.6 is 11.3 Å². The molecule has 0 saturated carbocycles. The van der Waals surface area contributed by atoms with Gasteiger partial charge in [-0.1, -0.05) is 60.7 Å². The average Bonchev–Trinajstić information content (AvgIpc) is 3.45. The molecule has 4 aromatic carbocycles. The minimum absolute atomic E-state index is 0.0111. The second-order valence-electron chi connectivity index (χ2n) is 9.49. The Labute approximate surface area is 247 Å². The van der Waals surface area contributed by atoms with Crippen molar-refractivity contribution in [3.8, 4) is 28.5 Å². The first-order valence-corrected chi connectivity index (χ1v) is 14.3. The van der Waals surface area contributed by atoms with Gasteiger partial charge in [0.25, 0.3) is 5.91 Å². The highest BCUT2D eigenvalue weighted by Gasteiger charge is 2.18. The number of nitrogens with one attached hydrogen (secondary N) is 1. The van der Waals surface area contributed by atoms with Crippen molar-refractivity contribution < 1.29 is 19.0 Å². The largest absolute Gasteiger partial charge is 0.493 e. The van der Waals surface area contributed by atoms with Gasteiger partial charge in [-0.2, -0.15) is 5.10 Å². The van der Waals surface area contributed by atoms with Crippen molar-refractivity contribution in [2.24, 2.45) is 10.1 Å². The fraction of sp³-hybridized carbons (Fsp3) is 0.121. The molecule has 1 amide bonds. The summed E-state index contributed by atoms with van der Waals surface area (Å²) >= 11 is 1.50. The average molecular weight is 577 g/mol. The quantitative estimate of drug-likeness (QED) is 0.214. The predicted molar refractivity (Wildman–Crippen MR) is 164 cm³/mol. The number of amides is 1. The fourth-order valence-electron chi connectivity index (χ4n) is 4.45. The molecule has 0 bridgehead atoms. The van der Waals surface area contributed by atoms with Gasteiger partial charge in [0.05, 0.1) is 31.3 Å². The van der Waals surface area contributed by atoms with E-state index in [1.165, 1.54) is 11.3 Å². The van der Waals surface area contributed by atoms with E-state index >= 15 is 0 Å². The maximum atomic E-state index is 11.9. The summed E-state index contributed by atoms with van der Waals surface area (Å²) in [4.78, 5) is 17.5. The first-order chi connectivity index (χ1) is 20.7. The van der Waals surface area contributed by atoms with E-state index < -0.39 is 0 Å². The summed E-state index contributed by atoms with van der Waals surface area (Å²) in [6.07, 6.45) is 1.77. The zero-order valence-electron chi connectivity index (χ0n) is 22.9. The summed E-state index contributed by atoms with van der Waals surface area (Å²) in [5.41, 5.74) is 5.35. The van der Waals surface area contributed by atoms with Crippen LogP contribution in [0.5, 0.6) is 17.2 Å². The topological polar surface area (TPSA) is 86.4 Å². The molecule has 5 aromatic rings.